The predicted molar refractivity (Wildman–Crippen MR) is 80.8 cm³/mol. The van der Waals surface area contributed by atoms with Crippen LogP contribution in [0.25, 0.3) is 0 Å². The first-order valence-electron chi connectivity index (χ1n) is 7.16. The van der Waals surface area contributed by atoms with Gasteiger partial charge < -0.3 is 10.6 Å². The van der Waals surface area contributed by atoms with Crippen molar-refractivity contribution < 1.29 is 13.2 Å². The van der Waals surface area contributed by atoms with Gasteiger partial charge in [0.15, 0.2) is 0 Å². The number of amides is 1. The van der Waals surface area contributed by atoms with Gasteiger partial charge in [0, 0.05) is 25.2 Å². The molecule has 21 heavy (non-hydrogen) atoms. The quantitative estimate of drug-likeness (QED) is 0.630. The minimum atomic E-state index is -3.57. The molecule has 1 aliphatic rings. The molecule has 0 bridgehead atoms. The number of carbonyl (C=O) groups excluding carboxylic acids is 1. The fourth-order valence-electron chi connectivity index (χ4n) is 2.22. The summed E-state index contributed by atoms with van der Waals surface area (Å²) in [6.45, 7) is 4.42. The van der Waals surface area contributed by atoms with Crippen LogP contribution >= 0.6 is 0 Å². The molecule has 7 heteroatoms. The summed E-state index contributed by atoms with van der Waals surface area (Å²) in [6, 6.07) is 4.73. The van der Waals surface area contributed by atoms with Crippen LogP contribution in [0.15, 0.2) is 23.1 Å². The van der Waals surface area contributed by atoms with Crippen LogP contribution in [-0.2, 0) is 16.4 Å². The maximum atomic E-state index is 12.2. The third-order valence-electron chi connectivity index (χ3n) is 3.34. The zero-order chi connectivity index (χ0) is 15.3. The number of carbonyl (C=O) groups is 1. The van der Waals surface area contributed by atoms with E-state index in [9.17, 15) is 13.2 Å². The summed E-state index contributed by atoms with van der Waals surface area (Å²) in [5, 5.41) is 5.84. The molecule has 1 aromatic carbocycles. The van der Waals surface area contributed by atoms with E-state index in [0.29, 0.717) is 25.2 Å². The summed E-state index contributed by atoms with van der Waals surface area (Å²) in [7, 11) is -3.57. The highest BCUT2D eigenvalue weighted by atomic mass is 32.2. The van der Waals surface area contributed by atoms with Crippen molar-refractivity contribution in [1.29, 1.82) is 0 Å². The number of hydrogen-bond donors (Lipinski definition) is 3. The van der Waals surface area contributed by atoms with E-state index in [1.165, 1.54) is 6.07 Å². The zero-order valence-electron chi connectivity index (χ0n) is 12.1. The van der Waals surface area contributed by atoms with Crippen LogP contribution in [0.1, 0.15) is 29.3 Å². The molecule has 1 aliphatic heterocycles. The standard InChI is InChI=1S/C14H21N3O3S/c1-2-6-15-8-9-17-21(19,20)12-4-3-11-5-7-16-14(18)13(11)10-12/h3-4,10,15,17H,2,5-9H2,1H3,(H,16,18). The highest BCUT2D eigenvalue weighted by molar-refractivity contribution is 7.89. The van der Waals surface area contributed by atoms with Crippen LogP contribution in [0.2, 0.25) is 0 Å². The number of nitrogens with one attached hydrogen (secondary N) is 3. The molecule has 0 unspecified atom stereocenters. The first-order chi connectivity index (χ1) is 10.0. The SMILES string of the molecule is CCCNCCNS(=O)(=O)c1ccc2c(c1)C(=O)NCC2. The van der Waals surface area contributed by atoms with Crippen LogP contribution in [0.3, 0.4) is 0 Å². The van der Waals surface area contributed by atoms with Gasteiger partial charge in [0.1, 0.15) is 0 Å². The Morgan fingerprint density at radius 2 is 2.05 bits per heavy atom. The van der Waals surface area contributed by atoms with Gasteiger partial charge in [-0.3, -0.25) is 4.79 Å². The second-order valence-electron chi connectivity index (χ2n) is 4.97. The fraction of sp³-hybridized carbons (Fsp3) is 0.500. The smallest absolute Gasteiger partial charge is 0.251 e. The van der Waals surface area contributed by atoms with E-state index in [1.54, 1.807) is 12.1 Å². The van der Waals surface area contributed by atoms with Gasteiger partial charge in [-0.15, -0.1) is 0 Å². The molecule has 0 radical (unpaired) electrons. The molecule has 116 valence electrons. The van der Waals surface area contributed by atoms with E-state index in [-0.39, 0.29) is 10.8 Å². The maximum Gasteiger partial charge on any atom is 0.251 e. The summed E-state index contributed by atoms with van der Waals surface area (Å²) in [4.78, 5) is 11.9. The van der Waals surface area contributed by atoms with Gasteiger partial charge in [-0.1, -0.05) is 13.0 Å². The van der Waals surface area contributed by atoms with Gasteiger partial charge in [0.05, 0.1) is 4.90 Å². The van der Waals surface area contributed by atoms with E-state index >= 15 is 0 Å². The molecule has 6 nitrogen and oxygen atoms in total. The molecule has 0 saturated carbocycles. The van der Waals surface area contributed by atoms with Crippen molar-refractivity contribution in [2.24, 2.45) is 0 Å². The van der Waals surface area contributed by atoms with E-state index in [2.05, 4.69) is 22.3 Å². The van der Waals surface area contributed by atoms with Crippen molar-refractivity contribution in [3.8, 4) is 0 Å². The average Bonchev–Trinajstić information content (AvgIpc) is 2.47. The minimum Gasteiger partial charge on any atom is -0.352 e. The molecule has 2 rings (SSSR count). The second-order valence-corrected chi connectivity index (χ2v) is 6.74. The van der Waals surface area contributed by atoms with Gasteiger partial charge in [0.25, 0.3) is 5.91 Å². The van der Waals surface area contributed by atoms with Gasteiger partial charge >= 0.3 is 0 Å². The van der Waals surface area contributed by atoms with Crippen LogP contribution in [-0.4, -0.2) is 40.5 Å². The van der Waals surface area contributed by atoms with Crippen molar-refractivity contribution in [2.75, 3.05) is 26.2 Å². The lowest BCUT2D eigenvalue weighted by atomic mass is 10.0. The number of benzene rings is 1. The molecule has 0 fully saturated rings. The Morgan fingerprint density at radius 1 is 1.24 bits per heavy atom. The number of fused-ring (bicyclic) bond motifs is 1. The molecule has 1 aromatic rings. The molecular weight excluding hydrogens is 290 g/mol. The third-order valence-corrected chi connectivity index (χ3v) is 4.80. The Hall–Kier alpha value is -1.44. The molecule has 0 spiro atoms. The lowest BCUT2D eigenvalue weighted by molar-refractivity contribution is 0.0946. The minimum absolute atomic E-state index is 0.133. The molecule has 0 aromatic heterocycles. The third kappa shape index (κ3) is 4.03. The monoisotopic (exact) mass is 311 g/mol. The van der Waals surface area contributed by atoms with Crippen molar-refractivity contribution in [1.82, 2.24) is 15.4 Å². The van der Waals surface area contributed by atoms with Crippen molar-refractivity contribution in [3.63, 3.8) is 0 Å². The van der Waals surface area contributed by atoms with Crippen LogP contribution in [0.4, 0.5) is 0 Å². The molecule has 0 saturated heterocycles. The van der Waals surface area contributed by atoms with Gasteiger partial charge in [-0.05, 0) is 37.1 Å². The maximum absolute atomic E-state index is 12.2. The van der Waals surface area contributed by atoms with Crippen LogP contribution in [0, 0.1) is 0 Å². The molecule has 1 amide bonds. The fourth-order valence-corrected chi connectivity index (χ4v) is 3.27. The lowest BCUT2D eigenvalue weighted by Crippen LogP contribution is -2.34. The molecular formula is C14H21N3O3S. The van der Waals surface area contributed by atoms with E-state index in [4.69, 9.17) is 0 Å². The Bertz CT molecular complexity index is 614. The summed E-state index contributed by atoms with van der Waals surface area (Å²) in [5.74, 6) is -0.210. The van der Waals surface area contributed by atoms with Crippen molar-refractivity contribution >= 4 is 15.9 Å². The summed E-state index contributed by atoms with van der Waals surface area (Å²) < 4.78 is 26.9. The number of sulfonamides is 1. The van der Waals surface area contributed by atoms with Crippen LogP contribution in [0.5, 0.6) is 0 Å². The largest absolute Gasteiger partial charge is 0.352 e. The van der Waals surface area contributed by atoms with Crippen molar-refractivity contribution in [2.45, 2.75) is 24.7 Å². The molecule has 0 aliphatic carbocycles. The Balaban J connectivity index is 2.06. The number of hydrogen-bond acceptors (Lipinski definition) is 4. The summed E-state index contributed by atoms with van der Waals surface area (Å²) >= 11 is 0. The molecule has 0 atom stereocenters. The highest BCUT2D eigenvalue weighted by Gasteiger charge is 2.21. The Kier molecular flexibility index (Phi) is 5.33. The average molecular weight is 311 g/mol. The van der Waals surface area contributed by atoms with E-state index in [0.717, 1.165) is 24.9 Å². The van der Waals surface area contributed by atoms with Gasteiger partial charge in [0.2, 0.25) is 10.0 Å². The van der Waals surface area contributed by atoms with Crippen molar-refractivity contribution in [3.05, 3.63) is 29.3 Å². The normalized spacial score (nSPS) is 14.6. The lowest BCUT2D eigenvalue weighted by Gasteiger charge is -2.17. The highest BCUT2D eigenvalue weighted by Crippen LogP contribution is 2.18. The topological polar surface area (TPSA) is 87.3 Å². The molecule has 3 N–H and O–H groups in total. The van der Waals surface area contributed by atoms with E-state index < -0.39 is 10.0 Å². The van der Waals surface area contributed by atoms with E-state index in [1.807, 2.05) is 0 Å². The van der Waals surface area contributed by atoms with Gasteiger partial charge in [-0.2, -0.15) is 0 Å². The first-order valence-corrected chi connectivity index (χ1v) is 8.64. The Labute approximate surface area is 125 Å². The Morgan fingerprint density at radius 3 is 2.81 bits per heavy atom. The summed E-state index contributed by atoms with van der Waals surface area (Å²) in [5.41, 5.74) is 1.34. The number of rotatable bonds is 7. The summed E-state index contributed by atoms with van der Waals surface area (Å²) in [6.07, 6.45) is 1.74. The van der Waals surface area contributed by atoms with Crippen LogP contribution < -0.4 is 15.4 Å². The molecule has 1 heterocycles. The first kappa shape index (κ1) is 15.9. The zero-order valence-corrected chi connectivity index (χ0v) is 12.9. The second kappa shape index (κ2) is 7.02. The van der Waals surface area contributed by atoms with Gasteiger partial charge in [-0.25, -0.2) is 13.1 Å². The predicted octanol–water partition coefficient (Wildman–Crippen LogP) is 0.250.